The van der Waals surface area contributed by atoms with E-state index in [-0.39, 0.29) is 5.41 Å². The van der Waals surface area contributed by atoms with Gasteiger partial charge in [0.1, 0.15) is 6.29 Å². The van der Waals surface area contributed by atoms with Crippen LogP contribution < -0.4 is 0 Å². The van der Waals surface area contributed by atoms with Crippen LogP contribution in [0.5, 0.6) is 0 Å². The lowest BCUT2D eigenvalue weighted by molar-refractivity contribution is -0.145. The maximum Gasteiger partial charge on any atom is 0.126 e. The first kappa shape index (κ1) is 13.3. The molecule has 0 N–H and O–H groups in total. The van der Waals surface area contributed by atoms with E-state index in [1.807, 2.05) is 0 Å². The second-order valence-electron chi connectivity index (χ2n) is 8.71. The highest BCUT2D eigenvalue weighted by atomic mass is 16.1. The lowest BCUT2D eigenvalue weighted by atomic mass is 9.45. The van der Waals surface area contributed by atoms with Crippen molar-refractivity contribution in [2.75, 3.05) is 0 Å². The zero-order valence-electron chi connectivity index (χ0n) is 13.1. The minimum absolute atomic E-state index is 0.102. The zero-order valence-corrected chi connectivity index (χ0v) is 13.1. The molecule has 20 heavy (non-hydrogen) atoms. The number of hydrogen-bond donors (Lipinski definition) is 0. The Hall–Kier alpha value is -0.330. The fourth-order valence-electron chi connectivity index (χ4n) is 7.18. The highest BCUT2D eigenvalue weighted by Crippen LogP contribution is 2.65. The molecule has 112 valence electrons. The zero-order chi connectivity index (χ0) is 13.8. The maximum atomic E-state index is 12.1. The second-order valence-corrected chi connectivity index (χ2v) is 8.71. The number of hydrogen-bond acceptors (Lipinski definition) is 1. The summed E-state index contributed by atoms with van der Waals surface area (Å²) in [6.07, 6.45) is 16.6. The van der Waals surface area contributed by atoms with Crippen molar-refractivity contribution in [1.82, 2.24) is 0 Å². The van der Waals surface area contributed by atoms with E-state index in [1.165, 1.54) is 76.9 Å². The summed E-state index contributed by atoms with van der Waals surface area (Å²) >= 11 is 0. The van der Waals surface area contributed by atoms with Crippen molar-refractivity contribution < 1.29 is 4.79 Å². The molecule has 0 heterocycles. The van der Waals surface area contributed by atoms with Gasteiger partial charge in [-0.2, -0.15) is 0 Å². The van der Waals surface area contributed by atoms with Crippen LogP contribution in [0.2, 0.25) is 0 Å². The van der Waals surface area contributed by atoms with Crippen LogP contribution in [-0.2, 0) is 4.79 Å². The van der Waals surface area contributed by atoms with Crippen molar-refractivity contribution in [3.8, 4) is 0 Å². The topological polar surface area (TPSA) is 17.1 Å². The molecule has 1 heteroatoms. The lowest BCUT2D eigenvalue weighted by Crippen LogP contribution is -2.53. The Balaban J connectivity index is 1.68. The average molecular weight is 274 g/mol. The Morgan fingerprint density at radius 2 is 1.75 bits per heavy atom. The van der Waals surface area contributed by atoms with Crippen LogP contribution in [0, 0.1) is 34.5 Å². The lowest BCUT2D eigenvalue weighted by Gasteiger charge is -2.59. The quantitative estimate of drug-likeness (QED) is 0.616. The Kier molecular flexibility index (Phi) is 3.06. The van der Waals surface area contributed by atoms with Crippen molar-refractivity contribution >= 4 is 6.29 Å². The van der Waals surface area contributed by atoms with Gasteiger partial charge in [-0.15, -0.1) is 0 Å². The normalized spacial score (nSPS) is 54.6. The van der Waals surface area contributed by atoms with Crippen LogP contribution in [0.25, 0.3) is 0 Å². The summed E-state index contributed by atoms with van der Waals surface area (Å²) in [4.78, 5) is 12.1. The van der Waals surface area contributed by atoms with Gasteiger partial charge >= 0.3 is 0 Å². The molecule has 4 saturated carbocycles. The van der Waals surface area contributed by atoms with Gasteiger partial charge < -0.3 is 4.79 Å². The first-order chi connectivity index (χ1) is 9.70. The Morgan fingerprint density at radius 1 is 0.850 bits per heavy atom. The van der Waals surface area contributed by atoms with Gasteiger partial charge in [-0.3, -0.25) is 0 Å². The van der Waals surface area contributed by atoms with E-state index >= 15 is 0 Å². The molecule has 0 aromatic heterocycles. The van der Waals surface area contributed by atoms with Crippen LogP contribution in [-0.4, -0.2) is 6.29 Å². The Morgan fingerprint density at radius 3 is 2.60 bits per heavy atom. The second kappa shape index (κ2) is 4.58. The molecular weight excluding hydrogens is 244 g/mol. The Bertz CT molecular complexity index is 403. The molecule has 4 aliphatic rings. The van der Waals surface area contributed by atoms with Crippen LogP contribution >= 0.6 is 0 Å². The molecule has 0 saturated heterocycles. The molecule has 0 aromatic carbocycles. The van der Waals surface area contributed by atoms with Gasteiger partial charge in [0.05, 0.1) is 0 Å². The highest BCUT2D eigenvalue weighted by Gasteiger charge is 2.58. The Labute approximate surface area is 123 Å². The van der Waals surface area contributed by atoms with Crippen LogP contribution in [0.1, 0.15) is 77.6 Å². The third-order valence-corrected chi connectivity index (χ3v) is 8.15. The van der Waals surface area contributed by atoms with Crippen molar-refractivity contribution in [2.24, 2.45) is 34.5 Å². The van der Waals surface area contributed by atoms with Crippen molar-refractivity contribution in [2.45, 2.75) is 77.6 Å². The first-order valence-electron chi connectivity index (χ1n) is 9.16. The smallest absolute Gasteiger partial charge is 0.126 e. The van der Waals surface area contributed by atoms with Crippen molar-refractivity contribution in [3.05, 3.63) is 0 Å². The molecule has 1 nitrogen and oxygen atoms in total. The molecule has 0 amide bonds. The number of carbonyl (C=O) groups excluding carboxylic acids is 1. The molecule has 0 aromatic rings. The fraction of sp³-hybridized carbons (Fsp3) is 0.947. The van der Waals surface area contributed by atoms with Crippen LogP contribution in [0.15, 0.2) is 0 Å². The predicted molar refractivity (Wildman–Crippen MR) is 81.4 cm³/mol. The summed E-state index contributed by atoms with van der Waals surface area (Å²) in [5, 5.41) is 0. The summed E-state index contributed by atoms with van der Waals surface area (Å²) < 4.78 is 0. The number of fused-ring (bicyclic) bond motifs is 5. The highest BCUT2D eigenvalue weighted by molar-refractivity contribution is 5.61. The van der Waals surface area contributed by atoms with Gasteiger partial charge in [0.2, 0.25) is 0 Å². The minimum atomic E-state index is 0.102. The van der Waals surface area contributed by atoms with Crippen molar-refractivity contribution in [3.63, 3.8) is 0 Å². The van der Waals surface area contributed by atoms with Gasteiger partial charge in [0.25, 0.3) is 0 Å². The summed E-state index contributed by atoms with van der Waals surface area (Å²) in [6, 6.07) is 0. The molecule has 0 bridgehead atoms. The van der Waals surface area contributed by atoms with Crippen LogP contribution in [0.4, 0.5) is 0 Å². The minimum Gasteiger partial charge on any atom is -0.303 e. The summed E-state index contributed by atoms with van der Waals surface area (Å²) in [5.41, 5.74) is 0.734. The van der Waals surface area contributed by atoms with Crippen molar-refractivity contribution in [1.29, 1.82) is 0 Å². The molecule has 4 rings (SSSR count). The number of rotatable bonds is 1. The monoisotopic (exact) mass is 274 g/mol. The third-order valence-electron chi connectivity index (χ3n) is 8.15. The molecule has 6 atom stereocenters. The third kappa shape index (κ3) is 1.64. The number of carbonyl (C=O) groups is 1. The van der Waals surface area contributed by atoms with E-state index in [1.54, 1.807) is 0 Å². The summed E-state index contributed by atoms with van der Waals surface area (Å²) in [5.74, 6) is 3.31. The number of aldehydes is 1. The SMILES string of the molecule is C[C@@]12CCC[C@H]1[C@@H]1CCC3CCCC[C@]3(C=O)[C@H]1CC2. The van der Waals surface area contributed by atoms with E-state index in [0.29, 0.717) is 5.41 Å². The molecule has 4 fully saturated rings. The predicted octanol–water partition coefficient (Wildman–Crippen LogP) is 4.99. The van der Waals surface area contributed by atoms with E-state index < -0.39 is 0 Å². The standard InChI is InChI=1S/C19H30O/c1-18-10-4-6-16(18)15-8-7-14-5-2-3-11-19(14,13-20)17(15)9-12-18/h13-17H,2-12H2,1H3/t14?,15-,16-,17-,18-,19+/m0/s1. The van der Waals surface area contributed by atoms with Gasteiger partial charge in [-0.05, 0) is 80.5 Å². The first-order valence-corrected chi connectivity index (χ1v) is 9.16. The summed E-state index contributed by atoms with van der Waals surface area (Å²) in [7, 11) is 0. The van der Waals surface area contributed by atoms with Gasteiger partial charge in [0.15, 0.2) is 0 Å². The molecule has 0 aliphatic heterocycles. The molecule has 4 aliphatic carbocycles. The van der Waals surface area contributed by atoms with E-state index in [4.69, 9.17) is 0 Å². The van der Waals surface area contributed by atoms with Gasteiger partial charge in [-0.25, -0.2) is 0 Å². The average Bonchev–Trinajstić information content (AvgIpc) is 2.88. The van der Waals surface area contributed by atoms with Crippen LogP contribution in [0.3, 0.4) is 0 Å². The van der Waals surface area contributed by atoms with Gasteiger partial charge in [0, 0.05) is 5.41 Å². The van der Waals surface area contributed by atoms with E-state index in [2.05, 4.69) is 6.92 Å². The molecule has 1 unspecified atom stereocenters. The molecule has 0 spiro atoms. The molecule has 0 radical (unpaired) electrons. The van der Waals surface area contributed by atoms with E-state index in [9.17, 15) is 4.79 Å². The molecular formula is C19H30O. The maximum absolute atomic E-state index is 12.1. The van der Waals surface area contributed by atoms with E-state index in [0.717, 1.165) is 23.7 Å². The van der Waals surface area contributed by atoms with Gasteiger partial charge in [-0.1, -0.05) is 26.2 Å². The largest absolute Gasteiger partial charge is 0.303 e. The fourth-order valence-corrected chi connectivity index (χ4v) is 7.18. The summed E-state index contributed by atoms with van der Waals surface area (Å²) in [6.45, 7) is 2.56.